The van der Waals surface area contributed by atoms with Crippen LogP contribution in [-0.2, 0) is 20.9 Å². The van der Waals surface area contributed by atoms with E-state index in [1.165, 1.54) is 0 Å². The van der Waals surface area contributed by atoms with Gasteiger partial charge in [-0.25, -0.2) is 0 Å². The standard InChI is InChI=1S/C18H25NO4/c1-18(2,3)23-16(20)11-14-9-10-15(17(21)22)19(14)12-13-7-5-4-6-8-13/h4-8,14-15H,9-12H2,1-3H3,(H,21,22)/t14-,15+/m1/s1. The predicted molar refractivity (Wildman–Crippen MR) is 86.9 cm³/mol. The third-order valence-corrected chi connectivity index (χ3v) is 3.96. The predicted octanol–water partition coefficient (Wildman–Crippen LogP) is 2.84. The summed E-state index contributed by atoms with van der Waals surface area (Å²) in [6.07, 6.45) is 1.49. The maximum Gasteiger partial charge on any atom is 0.320 e. The quantitative estimate of drug-likeness (QED) is 0.845. The highest BCUT2D eigenvalue weighted by Crippen LogP contribution is 2.29. The van der Waals surface area contributed by atoms with E-state index in [1.54, 1.807) is 0 Å². The highest BCUT2D eigenvalue weighted by molar-refractivity contribution is 5.75. The second kappa shape index (κ2) is 7.13. The van der Waals surface area contributed by atoms with E-state index in [-0.39, 0.29) is 18.4 Å². The topological polar surface area (TPSA) is 66.8 Å². The number of carboxylic acids is 1. The number of nitrogens with zero attached hydrogens (tertiary/aromatic N) is 1. The van der Waals surface area contributed by atoms with Crippen LogP contribution in [0.4, 0.5) is 0 Å². The Balaban J connectivity index is 2.08. The lowest BCUT2D eigenvalue weighted by atomic mass is 10.1. The average molecular weight is 319 g/mol. The van der Waals surface area contributed by atoms with E-state index < -0.39 is 17.6 Å². The van der Waals surface area contributed by atoms with Crippen LogP contribution in [0.1, 0.15) is 45.6 Å². The number of aliphatic carboxylic acids is 1. The number of carboxylic acid groups (broad SMARTS) is 1. The molecule has 0 spiro atoms. The van der Waals surface area contributed by atoms with Crippen molar-refractivity contribution in [3.63, 3.8) is 0 Å². The fourth-order valence-corrected chi connectivity index (χ4v) is 3.03. The van der Waals surface area contributed by atoms with Crippen LogP contribution < -0.4 is 0 Å². The summed E-state index contributed by atoms with van der Waals surface area (Å²) >= 11 is 0. The van der Waals surface area contributed by atoms with Gasteiger partial charge in [-0.05, 0) is 39.2 Å². The fraction of sp³-hybridized carbons (Fsp3) is 0.556. The molecule has 0 saturated carbocycles. The molecule has 1 aliphatic heterocycles. The minimum Gasteiger partial charge on any atom is -0.480 e. The Hall–Kier alpha value is -1.88. The second-order valence-electron chi connectivity index (χ2n) is 7.03. The summed E-state index contributed by atoms with van der Waals surface area (Å²) in [6.45, 7) is 6.04. The van der Waals surface area contributed by atoms with Gasteiger partial charge in [-0.3, -0.25) is 14.5 Å². The van der Waals surface area contributed by atoms with Crippen molar-refractivity contribution in [3.05, 3.63) is 35.9 Å². The molecule has 126 valence electrons. The van der Waals surface area contributed by atoms with Gasteiger partial charge in [-0.1, -0.05) is 30.3 Å². The van der Waals surface area contributed by atoms with Crippen molar-refractivity contribution in [1.82, 2.24) is 4.90 Å². The Morgan fingerprint density at radius 3 is 2.43 bits per heavy atom. The summed E-state index contributed by atoms with van der Waals surface area (Å²) in [4.78, 5) is 25.5. The minimum atomic E-state index is -0.826. The van der Waals surface area contributed by atoms with Gasteiger partial charge >= 0.3 is 11.9 Å². The van der Waals surface area contributed by atoms with Crippen molar-refractivity contribution >= 4 is 11.9 Å². The van der Waals surface area contributed by atoms with Crippen LogP contribution in [0.2, 0.25) is 0 Å². The lowest BCUT2D eigenvalue weighted by Crippen LogP contribution is -2.41. The van der Waals surface area contributed by atoms with Crippen LogP contribution in [0.25, 0.3) is 0 Å². The molecule has 1 heterocycles. The molecule has 1 aliphatic rings. The number of esters is 1. The van der Waals surface area contributed by atoms with Crippen molar-refractivity contribution < 1.29 is 19.4 Å². The molecule has 0 aliphatic carbocycles. The summed E-state index contributed by atoms with van der Waals surface area (Å²) in [7, 11) is 0. The summed E-state index contributed by atoms with van der Waals surface area (Å²) in [5.74, 6) is -1.10. The molecule has 1 N–H and O–H groups in total. The third-order valence-electron chi connectivity index (χ3n) is 3.96. The maximum atomic E-state index is 12.1. The van der Waals surface area contributed by atoms with Crippen LogP contribution in [0.5, 0.6) is 0 Å². The largest absolute Gasteiger partial charge is 0.480 e. The molecule has 0 radical (unpaired) electrons. The van der Waals surface area contributed by atoms with Crippen molar-refractivity contribution in [2.45, 2.75) is 64.3 Å². The first-order valence-electron chi connectivity index (χ1n) is 8.00. The Morgan fingerprint density at radius 2 is 1.87 bits per heavy atom. The van der Waals surface area contributed by atoms with Gasteiger partial charge in [0.2, 0.25) is 0 Å². The zero-order valence-electron chi connectivity index (χ0n) is 14.0. The first-order valence-corrected chi connectivity index (χ1v) is 8.00. The molecule has 2 atom stereocenters. The van der Waals surface area contributed by atoms with Gasteiger partial charge in [0.25, 0.3) is 0 Å². The number of benzene rings is 1. The number of likely N-dealkylation sites (tertiary alicyclic amines) is 1. The Labute approximate surface area is 137 Å². The molecule has 0 amide bonds. The van der Waals surface area contributed by atoms with E-state index in [2.05, 4.69) is 0 Å². The zero-order valence-corrected chi connectivity index (χ0v) is 14.0. The first-order chi connectivity index (χ1) is 10.8. The highest BCUT2D eigenvalue weighted by atomic mass is 16.6. The fourth-order valence-electron chi connectivity index (χ4n) is 3.03. The van der Waals surface area contributed by atoms with Crippen LogP contribution in [-0.4, -0.2) is 39.6 Å². The van der Waals surface area contributed by atoms with Gasteiger partial charge in [0.05, 0.1) is 6.42 Å². The van der Waals surface area contributed by atoms with Gasteiger partial charge in [-0.2, -0.15) is 0 Å². The van der Waals surface area contributed by atoms with Crippen molar-refractivity contribution in [2.24, 2.45) is 0 Å². The van der Waals surface area contributed by atoms with Gasteiger partial charge in [-0.15, -0.1) is 0 Å². The van der Waals surface area contributed by atoms with Gasteiger partial charge in [0.1, 0.15) is 11.6 Å². The molecule has 1 aromatic carbocycles. The van der Waals surface area contributed by atoms with E-state index in [1.807, 2.05) is 56.0 Å². The molecule has 5 heteroatoms. The zero-order chi connectivity index (χ0) is 17.0. The van der Waals surface area contributed by atoms with Crippen LogP contribution in [0.15, 0.2) is 30.3 Å². The van der Waals surface area contributed by atoms with Crippen molar-refractivity contribution in [3.8, 4) is 0 Å². The van der Waals surface area contributed by atoms with Crippen molar-refractivity contribution in [2.75, 3.05) is 0 Å². The first kappa shape index (κ1) is 17.5. The second-order valence-corrected chi connectivity index (χ2v) is 7.03. The molecule has 5 nitrogen and oxygen atoms in total. The van der Waals surface area contributed by atoms with E-state index >= 15 is 0 Å². The van der Waals surface area contributed by atoms with Crippen LogP contribution in [0, 0.1) is 0 Å². The van der Waals surface area contributed by atoms with E-state index in [9.17, 15) is 14.7 Å². The monoisotopic (exact) mass is 319 g/mol. The van der Waals surface area contributed by atoms with E-state index in [0.717, 1.165) is 5.56 Å². The molecule has 0 unspecified atom stereocenters. The molecular formula is C18H25NO4. The maximum absolute atomic E-state index is 12.1. The molecule has 1 aromatic rings. The van der Waals surface area contributed by atoms with Crippen LogP contribution >= 0.6 is 0 Å². The summed E-state index contributed by atoms with van der Waals surface area (Å²) in [5.41, 5.74) is 0.529. The number of rotatable bonds is 5. The number of hydrogen-bond donors (Lipinski definition) is 1. The molecular weight excluding hydrogens is 294 g/mol. The highest BCUT2D eigenvalue weighted by Gasteiger charge is 2.39. The van der Waals surface area contributed by atoms with Crippen LogP contribution in [0.3, 0.4) is 0 Å². The number of carbonyl (C=O) groups is 2. The van der Waals surface area contributed by atoms with E-state index in [4.69, 9.17) is 4.74 Å². The molecule has 1 saturated heterocycles. The summed E-state index contributed by atoms with van der Waals surface area (Å²) in [5, 5.41) is 9.44. The SMILES string of the molecule is CC(C)(C)OC(=O)C[C@H]1CC[C@@H](C(=O)O)N1Cc1ccccc1. The number of hydrogen-bond acceptors (Lipinski definition) is 4. The van der Waals surface area contributed by atoms with E-state index in [0.29, 0.717) is 19.4 Å². The minimum absolute atomic E-state index is 0.0915. The number of ether oxygens (including phenoxy) is 1. The smallest absolute Gasteiger partial charge is 0.320 e. The summed E-state index contributed by atoms with van der Waals surface area (Å²) in [6, 6.07) is 9.12. The Kier molecular flexibility index (Phi) is 5.42. The third kappa shape index (κ3) is 5.06. The lowest BCUT2D eigenvalue weighted by molar-refractivity contribution is -0.157. The normalized spacial score (nSPS) is 22.0. The molecule has 0 bridgehead atoms. The van der Waals surface area contributed by atoms with Gasteiger partial charge in [0, 0.05) is 12.6 Å². The molecule has 0 aromatic heterocycles. The van der Waals surface area contributed by atoms with Gasteiger partial charge in [0.15, 0.2) is 0 Å². The average Bonchev–Trinajstić information content (AvgIpc) is 2.81. The molecule has 23 heavy (non-hydrogen) atoms. The Bertz CT molecular complexity index is 550. The Morgan fingerprint density at radius 1 is 1.22 bits per heavy atom. The lowest BCUT2D eigenvalue weighted by Gasteiger charge is -2.28. The van der Waals surface area contributed by atoms with Crippen molar-refractivity contribution in [1.29, 1.82) is 0 Å². The summed E-state index contributed by atoms with van der Waals surface area (Å²) < 4.78 is 5.38. The number of carbonyl (C=O) groups excluding carboxylic acids is 1. The molecule has 1 fully saturated rings. The molecule has 2 rings (SSSR count). The van der Waals surface area contributed by atoms with Gasteiger partial charge < -0.3 is 9.84 Å².